The molecule has 0 unspecified atom stereocenters. The lowest BCUT2D eigenvalue weighted by molar-refractivity contribution is 0.317. The number of hydrazone groups is 1. The van der Waals surface area contributed by atoms with Crippen molar-refractivity contribution in [2.24, 2.45) is 5.10 Å². The number of fused-ring (bicyclic) bond motifs is 1. The van der Waals surface area contributed by atoms with Crippen LogP contribution in [0.2, 0.25) is 0 Å². The molecular weight excluding hydrogens is 150 g/mol. The molecular formula is C9H15N3. The van der Waals surface area contributed by atoms with Crippen molar-refractivity contribution >= 4 is 5.84 Å². The van der Waals surface area contributed by atoms with Crippen LogP contribution in [0.1, 0.15) is 13.8 Å². The molecule has 0 atom stereocenters. The molecule has 0 aromatic carbocycles. The molecule has 3 heteroatoms. The zero-order valence-electron chi connectivity index (χ0n) is 7.86. The highest BCUT2D eigenvalue weighted by Crippen LogP contribution is 2.10. The molecule has 0 radical (unpaired) electrons. The van der Waals surface area contributed by atoms with Crippen molar-refractivity contribution in [2.75, 3.05) is 13.7 Å². The summed E-state index contributed by atoms with van der Waals surface area (Å²) in [6.45, 7) is 4.87. The first kappa shape index (κ1) is 8.84. The zero-order chi connectivity index (χ0) is 8.97. The highest BCUT2D eigenvalue weighted by atomic mass is 15.6. The van der Waals surface area contributed by atoms with Gasteiger partial charge in [-0.2, -0.15) is 5.10 Å². The van der Waals surface area contributed by atoms with Gasteiger partial charge in [0.1, 0.15) is 6.67 Å². The van der Waals surface area contributed by atoms with Gasteiger partial charge in [-0.05, 0) is 12.2 Å². The van der Waals surface area contributed by atoms with Crippen LogP contribution in [0.25, 0.3) is 0 Å². The maximum atomic E-state index is 4.25. The highest BCUT2D eigenvalue weighted by Gasteiger charge is 2.16. The van der Waals surface area contributed by atoms with E-state index in [-0.39, 0.29) is 0 Å². The Kier molecular flexibility index (Phi) is 2.91. The van der Waals surface area contributed by atoms with E-state index < -0.39 is 0 Å². The van der Waals surface area contributed by atoms with Crippen molar-refractivity contribution in [3.8, 4) is 0 Å². The number of allylic oxidation sites excluding steroid dienone is 2. The Hall–Kier alpha value is -1.25. The van der Waals surface area contributed by atoms with Crippen molar-refractivity contribution in [3.63, 3.8) is 0 Å². The molecule has 0 bridgehead atoms. The third-order valence-corrected chi connectivity index (χ3v) is 1.55. The van der Waals surface area contributed by atoms with Crippen LogP contribution in [0.5, 0.6) is 0 Å². The van der Waals surface area contributed by atoms with E-state index in [1.54, 1.807) is 0 Å². The second kappa shape index (κ2) is 3.95. The Morgan fingerprint density at radius 2 is 2.08 bits per heavy atom. The van der Waals surface area contributed by atoms with Crippen molar-refractivity contribution < 1.29 is 0 Å². The van der Waals surface area contributed by atoms with Crippen molar-refractivity contribution in [1.82, 2.24) is 9.91 Å². The van der Waals surface area contributed by atoms with Gasteiger partial charge in [0.15, 0.2) is 5.84 Å². The largest absolute Gasteiger partial charge is 0.312 e. The molecule has 0 fully saturated rings. The summed E-state index contributed by atoms with van der Waals surface area (Å²) in [6.07, 6.45) is 8.04. The Morgan fingerprint density at radius 3 is 2.75 bits per heavy atom. The fourth-order valence-corrected chi connectivity index (χ4v) is 1.10. The smallest absolute Gasteiger partial charge is 0.154 e. The third-order valence-electron chi connectivity index (χ3n) is 1.55. The fourth-order valence-electron chi connectivity index (χ4n) is 1.10. The molecule has 0 aliphatic carbocycles. The van der Waals surface area contributed by atoms with Gasteiger partial charge in [-0.1, -0.05) is 19.9 Å². The van der Waals surface area contributed by atoms with Crippen LogP contribution in [0.3, 0.4) is 0 Å². The maximum Gasteiger partial charge on any atom is 0.154 e. The first-order valence-electron chi connectivity index (χ1n) is 4.27. The van der Waals surface area contributed by atoms with Gasteiger partial charge in [-0.25, -0.2) is 0 Å². The minimum atomic E-state index is 0.871. The van der Waals surface area contributed by atoms with Gasteiger partial charge in [-0.3, -0.25) is 5.01 Å². The van der Waals surface area contributed by atoms with Gasteiger partial charge in [0.05, 0.1) is 0 Å². The molecule has 0 amide bonds. The van der Waals surface area contributed by atoms with Gasteiger partial charge in [0.2, 0.25) is 0 Å². The molecule has 0 N–H and O–H groups in total. The summed E-state index contributed by atoms with van der Waals surface area (Å²) in [5.41, 5.74) is 0. The fraction of sp³-hybridized carbons (Fsp3) is 0.444. The Bertz CT molecular complexity index is 228. The average Bonchev–Trinajstić information content (AvgIpc) is 2.48. The SMILES string of the molecule is CC.CN1CN2C=CC=CC2=N1. The van der Waals surface area contributed by atoms with Crippen molar-refractivity contribution in [2.45, 2.75) is 13.8 Å². The summed E-state index contributed by atoms with van der Waals surface area (Å²) in [4.78, 5) is 2.10. The zero-order valence-corrected chi connectivity index (χ0v) is 7.86. The van der Waals surface area contributed by atoms with Gasteiger partial charge in [0.25, 0.3) is 0 Å². The van der Waals surface area contributed by atoms with E-state index in [0.29, 0.717) is 0 Å². The summed E-state index contributed by atoms with van der Waals surface area (Å²) >= 11 is 0. The number of hydrogen-bond acceptors (Lipinski definition) is 3. The van der Waals surface area contributed by atoms with Gasteiger partial charge in [-0.15, -0.1) is 0 Å². The molecule has 2 heterocycles. The third kappa shape index (κ3) is 1.67. The van der Waals surface area contributed by atoms with Gasteiger partial charge in [0, 0.05) is 13.2 Å². The van der Waals surface area contributed by atoms with E-state index >= 15 is 0 Å². The van der Waals surface area contributed by atoms with Gasteiger partial charge >= 0.3 is 0 Å². The second-order valence-electron chi connectivity index (χ2n) is 2.43. The molecule has 12 heavy (non-hydrogen) atoms. The standard InChI is InChI=1S/C7H9N3.C2H6/c1-9-6-10-5-3-2-4-7(10)8-9;1-2/h2-5H,6H2,1H3;1-2H3. The van der Waals surface area contributed by atoms with E-state index in [0.717, 1.165) is 12.5 Å². The normalized spacial score (nSPS) is 18.4. The predicted molar refractivity (Wildman–Crippen MR) is 51.5 cm³/mol. The second-order valence-corrected chi connectivity index (χ2v) is 2.43. The quantitative estimate of drug-likeness (QED) is 0.543. The van der Waals surface area contributed by atoms with Crippen LogP contribution in [-0.2, 0) is 0 Å². The molecule has 0 aromatic rings. The van der Waals surface area contributed by atoms with Crippen molar-refractivity contribution in [1.29, 1.82) is 0 Å². The van der Waals surface area contributed by atoms with Crippen molar-refractivity contribution in [3.05, 3.63) is 24.4 Å². The number of rotatable bonds is 0. The summed E-state index contributed by atoms with van der Waals surface area (Å²) in [5, 5.41) is 6.16. The minimum absolute atomic E-state index is 0.871. The minimum Gasteiger partial charge on any atom is -0.312 e. The number of amidine groups is 1. The van der Waals surface area contributed by atoms with Crippen LogP contribution >= 0.6 is 0 Å². The molecule has 0 saturated carbocycles. The van der Waals surface area contributed by atoms with E-state index in [1.165, 1.54) is 0 Å². The molecule has 66 valence electrons. The highest BCUT2D eigenvalue weighted by molar-refractivity contribution is 5.95. The molecule has 3 nitrogen and oxygen atoms in total. The molecule has 0 spiro atoms. The van der Waals surface area contributed by atoms with Crippen LogP contribution in [0.4, 0.5) is 0 Å². The lowest BCUT2D eigenvalue weighted by Gasteiger charge is -2.14. The number of hydrogen-bond donors (Lipinski definition) is 0. The van der Waals surface area contributed by atoms with E-state index in [1.807, 2.05) is 50.3 Å². The monoisotopic (exact) mass is 165 g/mol. The molecule has 0 saturated heterocycles. The first-order valence-corrected chi connectivity index (χ1v) is 4.27. The van der Waals surface area contributed by atoms with Gasteiger partial charge < -0.3 is 4.90 Å². The number of nitrogens with zero attached hydrogens (tertiary/aromatic N) is 3. The van der Waals surface area contributed by atoms with E-state index in [9.17, 15) is 0 Å². The van der Waals surface area contributed by atoms with Crippen LogP contribution in [0.15, 0.2) is 29.5 Å². The topological polar surface area (TPSA) is 18.8 Å². The predicted octanol–water partition coefficient (Wildman–Crippen LogP) is 1.61. The molecule has 0 aromatic heterocycles. The molecule has 2 aliphatic heterocycles. The molecule has 2 rings (SSSR count). The summed E-state index contributed by atoms with van der Waals surface area (Å²) < 4.78 is 0. The molecule has 2 aliphatic rings. The lowest BCUT2D eigenvalue weighted by Crippen LogP contribution is -2.24. The summed E-state index contributed by atoms with van der Waals surface area (Å²) in [7, 11) is 1.97. The Labute approximate surface area is 73.7 Å². The average molecular weight is 165 g/mol. The Balaban J connectivity index is 0.000000336. The van der Waals surface area contributed by atoms with Crippen LogP contribution in [-0.4, -0.2) is 29.5 Å². The van der Waals surface area contributed by atoms with Crippen LogP contribution in [0, 0.1) is 0 Å². The summed E-state index contributed by atoms with van der Waals surface area (Å²) in [5.74, 6) is 1.03. The Morgan fingerprint density at radius 1 is 1.33 bits per heavy atom. The summed E-state index contributed by atoms with van der Waals surface area (Å²) in [6, 6.07) is 0. The first-order chi connectivity index (χ1) is 5.86. The van der Waals surface area contributed by atoms with E-state index in [4.69, 9.17) is 0 Å². The van der Waals surface area contributed by atoms with Crippen LogP contribution < -0.4 is 0 Å². The lowest BCUT2D eigenvalue weighted by atomic mass is 10.3. The van der Waals surface area contributed by atoms with E-state index in [2.05, 4.69) is 10.0 Å². The maximum absolute atomic E-state index is 4.25.